The molecule has 1 aliphatic heterocycles. The maximum atomic E-state index is 13.6. The van der Waals surface area contributed by atoms with Gasteiger partial charge >= 0.3 is 0 Å². The third-order valence-electron chi connectivity index (χ3n) is 5.00. The molecule has 2 atom stereocenters. The minimum atomic E-state index is -0.142. The molecule has 2 unspecified atom stereocenters. The van der Waals surface area contributed by atoms with Gasteiger partial charge in [0.2, 0.25) is 0 Å². The van der Waals surface area contributed by atoms with Crippen molar-refractivity contribution in [1.82, 2.24) is 5.32 Å². The lowest BCUT2D eigenvalue weighted by Crippen LogP contribution is -2.65. The third-order valence-corrected chi connectivity index (χ3v) is 5.00. The first-order valence-corrected chi connectivity index (χ1v) is 7.77. The number of nitrogens with one attached hydrogen (secondary N) is 1. The highest BCUT2D eigenvalue weighted by Crippen LogP contribution is 2.42. The second-order valence-corrected chi connectivity index (χ2v) is 6.99. The summed E-state index contributed by atoms with van der Waals surface area (Å²) in [5.41, 5.74) is 1.20. The van der Waals surface area contributed by atoms with Gasteiger partial charge in [-0.25, -0.2) is 4.39 Å². The van der Waals surface area contributed by atoms with Gasteiger partial charge in [-0.05, 0) is 49.8 Å². The fourth-order valence-electron chi connectivity index (χ4n) is 3.50. The van der Waals surface area contributed by atoms with Gasteiger partial charge in [-0.1, -0.05) is 19.9 Å². The largest absolute Gasteiger partial charge is 0.365 e. The van der Waals surface area contributed by atoms with E-state index in [0.717, 1.165) is 24.7 Å². The van der Waals surface area contributed by atoms with E-state index in [9.17, 15) is 4.39 Å². The zero-order valence-corrected chi connectivity index (χ0v) is 12.7. The molecule has 3 heteroatoms. The second kappa shape index (κ2) is 5.03. The van der Waals surface area contributed by atoms with E-state index in [-0.39, 0.29) is 11.4 Å². The van der Waals surface area contributed by atoms with Gasteiger partial charge in [0.15, 0.2) is 0 Å². The molecule has 0 spiro atoms. The molecule has 1 aromatic rings. The highest BCUT2D eigenvalue weighted by atomic mass is 19.1. The summed E-state index contributed by atoms with van der Waals surface area (Å²) in [7, 11) is 0. The monoisotopic (exact) mass is 276 g/mol. The van der Waals surface area contributed by atoms with Crippen LogP contribution in [-0.2, 0) is 0 Å². The lowest BCUT2D eigenvalue weighted by molar-refractivity contribution is 0.233. The summed E-state index contributed by atoms with van der Waals surface area (Å²) in [4.78, 5) is 2.42. The lowest BCUT2D eigenvalue weighted by Gasteiger charge is -2.49. The third kappa shape index (κ3) is 2.56. The summed E-state index contributed by atoms with van der Waals surface area (Å²) in [5.74, 6) is 1.19. The summed E-state index contributed by atoms with van der Waals surface area (Å²) in [5, 5.41) is 3.77. The molecule has 0 bridgehead atoms. The molecule has 1 saturated carbocycles. The van der Waals surface area contributed by atoms with Crippen LogP contribution in [0.5, 0.6) is 0 Å². The Kier molecular flexibility index (Phi) is 3.49. The average Bonchev–Trinajstić information content (AvgIpc) is 3.23. The number of anilines is 1. The number of benzene rings is 1. The number of hydrogen-bond donors (Lipinski definition) is 1. The molecule has 1 N–H and O–H groups in total. The van der Waals surface area contributed by atoms with E-state index in [1.807, 2.05) is 12.1 Å². The molecule has 1 aromatic carbocycles. The minimum Gasteiger partial charge on any atom is -0.365 e. The standard InChI is InChI=1S/C17H25FN2/c1-12(2)16-10-19-17(3,13-7-8-13)11-20(16)15-6-4-5-14(18)9-15/h4-6,9,12-13,16,19H,7-8,10-11H2,1-3H3. The van der Waals surface area contributed by atoms with E-state index in [4.69, 9.17) is 0 Å². The Bertz CT molecular complexity index is 484. The Hall–Kier alpha value is -1.09. The molecule has 110 valence electrons. The quantitative estimate of drug-likeness (QED) is 0.910. The topological polar surface area (TPSA) is 15.3 Å². The van der Waals surface area contributed by atoms with Crippen LogP contribution in [0.1, 0.15) is 33.6 Å². The van der Waals surface area contributed by atoms with Crippen LogP contribution in [0.4, 0.5) is 10.1 Å². The molecule has 1 aliphatic carbocycles. The van der Waals surface area contributed by atoms with Crippen molar-refractivity contribution in [3.8, 4) is 0 Å². The number of piperazine rings is 1. The van der Waals surface area contributed by atoms with E-state index in [1.165, 1.54) is 18.9 Å². The van der Waals surface area contributed by atoms with Crippen molar-refractivity contribution in [3.05, 3.63) is 30.1 Å². The second-order valence-electron chi connectivity index (χ2n) is 6.99. The normalized spacial score (nSPS) is 30.9. The molecule has 1 heterocycles. The van der Waals surface area contributed by atoms with E-state index in [1.54, 1.807) is 6.07 Å². The Morgan fingerprint density at radius 1 is 1.35 bits per heavy atom. The van der Waals surface area contributed by atoms with Crippen molar-refractivity contribution in [2.24, 2.45) is 11.8 Å². The highest BCUT2D eigenvalue weighted by Gasteiger charge is 2.46. The van der Waals surface area contributed by atoms with Gasteiger partial charge in [-0.2, -0.15) is 0 Å². The van der Waals surface area contributed by atoms with E-state index in [0.29, 0.717) is 12.0 Å². The van der Waals surface area contributed by atoms with Crippen molar-refractivity contribution in [2.45, 2.75) is 45.2 Å². The van der Waals surface area contributed by atoms with Gasteiger partial charge in [-0.15, -0.1) is 0 Å². The number of halogens is 1. The fourth-order valence-corrected chi connectivity index (χ4v) is 3.50. The predicted molar refractivity (Wildman–Crippen MR) is 81.5 cm³/mol. The molecule has 2 fully saturated rings. The molecule has 2 nitrogen and oxygen atoms in total. The zero-order chi connectivity index (χ0) is 14.3. The highest BCUT2D eigenvalue weighted by molar-refractivity contribution is 5.49. The van der Waals surface area contributed by atoms with Crippen LogP contribution in [-0.4, -0.2) is 24.7 Å². The van der Waals surface area contributed by atoms with Crippen molar-refractivity contribution in [2.75, 3.05) is 18.0 Å². The summed E-state index contributed by atoms with van der Waals surface area (Å²) in [6.07, 6.45) is 2.65. The predicted octanol–water partition coefficient (Wildman–Crippen LogP) is 3.43. The first-order chi connectivity index (χ1) is 9.49. The van der Waals surface area contributed by atoms with Crippen molar-refractivity contribution in [1.29, 1.82) is 0 Å². The maximum absolute atomic E-state index is 13.6. The van der Waals surface area contributed by atoms with E-state index in [2.05, 4.69) is 31.0 Å². The SMILES string of the molecule is CC(C)C1CNC(C)(C2CC2)CN1c1cccc(F)c1. The van der Waals surface area contributed by atoms with Crippen LogP contribution >= 0.6 is 0 Å². The summed E-state index contributed by atoms with van der Waals surface area (Å²) in [6.45, 7) is 8.79. The summed E-state index contributed by atoms with van der Waals surface area (Å²) < 4.78 is 13.6. The molecule has 2 aliphatic rings. The minimum absolute atomic E-state index is 0.142. The molecule has 3 rings (SSSR count). The van der Waals surface area contributed by atoms with Crippen LogP contribution in [0.3, 0.4) is 0 Å². The van der Waals surface area contributed by atoms with Crippen LogP contribution in [0.15, 0.2) is 24.3 Å². The fraction of sp³-hybridized carbons (Fsp3) is 0.647. The van der Waals surface area contributed by atoms with Crippen molar-refractivity contribution in [3.63, 3.8) is 0 Å². The molecule has 0 amide bonds. The molecule has 0 radical (unpaired) electrons. The Balaban J connectivity index is 1.89. The lowest BCUT2D eigenvalue weighted by atomic mass is 9.87. The molecule has 0 aromatic heterocycles. The number of nitrogens with zero attached hydrogens (tertiary/aromatic N) is 1. The molecule has 20 heavy (non-hydrogen) atoms. The van der Waals surface area contributed by atoms with E-state index >= 15 is 0 Å². The molecular formula is C17H25FN2. The van der Waals surface area contributed by atoms with Gasteiger partial charge in [0.05, 0.1) is 0 Å². The summed E-state index contributed by atoms with van der Waals surface area (Å²) in [6, 6.07) is 7.49. The zero-order valence-electron chi connectivity index (χ0n) is 12.7. The van der Waals surface area contributed by atoms with E-state index < -0.39 is 0 Å². The average molecular weight is 276 g/mol. The first kappa shape index (κ1) is 13.9. The van der Waals surface area contributed by atoms with Gasteiger partial charge in [0.25, 0.3) is 0 Å². The van der Waals surface area contributed by atoms with Gasteiger partial charge in [-0.3, -0.25) is 0 Å². The Labute approximate surface area is 121 Å². The van der Waals surface area contributed by atoms with Gasteiger partial charge in [0.1, 0.15) is 5.82 Å². The van der Waals surface area contributed by atoms with Gasteiger partial charge < -0.3 is 10.2 Å². The van der Waals surface area contributed by atoms with Gasteiger partial charge in [0, 0.05) is 30.4 Å². The van der Waals surface area contributed by atoms with Crippen molar-refractivity contribution >= 4 is 5.69 Å². The van der Waals surface area contributed by atoms with Crippen LogP contribution < -0.4 is 10.2 Å². The van der Waals surface area contributed by atoms with Crippen LogP contribution in [0, 0.1) is 17.7 Å². The van der Waals surface area contributed by atoms with Crippen molar-refractivity contribution < 1.29 is 4.39 Å². The number of rotatable bonds is 3. The Morgan fingerprint density at radius 3 is 2.70 bits per heavy atom. The Morgan fingerprint density at radius 2 is 2.10 bits per heavy atom. The summed E-state index contributed by atoms with van der Waals surface area (Å²) >= 11 is 0. The number of hydrogen-bond acceptors (Lipinski definition) is 2. The molecule has 1 saturated heterocycles. The maximum Gasteiger partial charge on any atom is 0.125 e. The smallest absolute Gasteiger partial charge is 0.125 e. The first-order valence-electron chi connectivity index (χ1n) is 7.77. The van der Waals surface area contributed by atoms with Crippen LogP contribution in [0.25, 0.3) is 0 Å². The van der Waals surface area contributed by atoms with Crippen LogP contribution in [0.2, 0.25) is 0 Å². The molecular weight excluding hydrogens is 251 g/mol.